The molecule has 2 atom stereocenters. The van der Waals surface area contributed by atoms with Crippen LogP contribution in [0.1, 0.15) is 43.2 Å². The molecule has 1 aliphatic heterocycles. The highest BCUT2D eigenvalue weighted by Gasteiger charge is 2.42. The van der Waals surface area contributed by atoms with E-state index in [9.17, 15) is 9.50 Å². The van der Waals surface area contributed by atoms with Crippen molar-refractivity contribution in [1.29, 1.82) is 5.26 Å². The molecule has 3 nitrogen and oxygen atoms in total. The molecule has 0 bridgehead atoms. The van der Waals surface area contributed by atoms with E-state index in [1.165, 1.54) is 12.5 Å². The van der Waals surface area contributed by atoms with Crippen LogP contribution in [0.25, 0.3) is 0 Å². The Morgan fingerprint density at radius 3 is 3.05 bits per heavy atom. The monoisotopic (exact) mass is 288 g/mol. The number of piperidine rings is 1. The topological polar surface area (TPSA) is 47.3 Å². The largest absolute Gasteiger partial charge is 0.390 e. The van der Waals surface area contributed by atoms with Gasteiger partial charge in [-0.25, -0.2) is 4.39 Å². The van der Waals surface area contributed by atoms with Gasteiger partial charge in [0.2, 0.25) is 0 Å². The molecule has 0 spiro atoms. The number of rotatable bonds is 2. The summed E-state index contributed by atoms with van der Waals surface area (Å²) in [6.45, 7) is 2.49. The van der Waals surface area contributed by atoms with E-state index >= 15 is 0 Å². The van der Waals surface area contributed by atoms with Gasteiger partial charge >= 0.3 is 0 Å². The zero-order valence-corrected chi connectivity index (χ0v) is 12.2. The van der Waals surface area contributed by atoms with Crippen LogP contribution in [0.4, 0.5) is 4.39 Å². The first-order chi connectivity index (χ1) is 10.1. The van der Waals surface area contributed by atoms with Crippen molar-refractivity contribution in [1.82, 2.24) is 4.90 Å². The van der Waals surface area contributed by atoms with Gasteiger partial charge in [-0.1, -0.05) is 18.9 Å². The van der Waals surface area contributed by atoms with Crippen LogP contribution in [0.2, 0.25) is 0 Å². The number of benzene rings is 1. The molecule has 2 aliphatic rings. The second-order valence-electron chi connectivity index (χ2n) is 6.46. The normalized spacial score (nSPS) is 29.7. The fourth-order valence-electron chi connectivity index (χ4n) is 3.80. The van der Waals surface area contributed by atoms with Crippen LogP contribution in [-0.4, -0.2) is 28.7 Å². The molecule has 2 fully saturated rings. The number of nitrogens with zero attached hydrogens (tertiary/aromatic N) is 2. The molecule has 0 aromatic heterocycles. The minimum atomic E-state index is -0.463. The Morgan fingerprint density at radius 1 is 1.38 bits per heavy atom. The van der Waals surface area contributed by atoms with Gasteiger partial charge in [0.1, 0.15) is 11.9 Å². The first-order valence-corrected chi connectivity index (χ1v) is 7.74. The standard InChI is InChI=1S/C17H21FN2O/c18-16-5-4-13(9-14(16)10-19)11-20-8-7-17(21)6-2-1-3-15(17)12-20/h4-5,9,15,21H,1-3,6-8,11-12H2. The molecular weight excluding hydrogens is 267 g/mol. The molecule has 1 heterocycles. The molecule has 112 valence electrons. The lowest BCUT2D eigenvalue weighted by atomic mass is 9.71. The third-order valence-electron chi connectivity index (χ3n) is 5.07. The molecule has 3 rings (SSSR count). The molecule has 1 aromatic rings. The van der Waals surface area contributed by atoms with Gasteiger partial charge in [0.15, 0.2) is 0 Å². The van der Waals surface area contributed by atoms with Crippen molar-refractivity contribution in [3.8, 4) is 6.07 Å². The van der Waals surface area contributed by atoms with E-state index in [0.717, 1.165) is 50.9 Å². The lowest BCUT2D eigenvalue weighted by molar-refractivity contribution is -0.0967. The van der Waals surface area contributed by atoms with Gasteiger partial charge in [-0.05, 0) is 37.0 Å². The summed E-state index contributed by atoms with van der Waals surface area (Å²) in [6, 6.07) is 6.64. The number of halogens is 1. The number of hydrogen-bond donors (Lipinski definition) is 1. The predicted octanol–water partition coefficient (Wildman–Crippen LogP) is 2.82. The van der Waals surface area contributed by atoms with Crippen LogP contribution in [-0.2, 0) is 6.54 Å². The van der Waals surface area contributed by atoms with Crippen LogP contribution in [0, 0.1) is 23.1 Å². The molecule has 0 amide bonds. The summed E-state index contributed by atoms with van der Waals surface area (Å²) in [7, 11) is 0. The van der Waals surface area contributed by atoms with Gasteiger partial charge in [0.05, 0.1) is 11.2 Å². The van der Waals surface area contributed by atoms with Crippen LogP contribution in [0.3, 0.4) is 0 Å². The number of likely N-dealkylation sites (tertiary alicyclic amines) is 1. The van der Waals surface area contributed by atoms with Crippen molar-refractivity contribution in [2.24, 2.45) is 5.92 Å². The summed E-state index contributed by atoms with van der Waals surface area (Å²) in [5, 5.41) is 19.6. The zero-order chi connectivity index (χ0) is 14.9. The van der Waals surface area contributed by atoms with E-state index in [0.29, 0.717) is 5.92 Å². The summed E-state index contributed by atoms with van der Waals surface area (Å²) in [5.74, 6) is -0.0996. The van der Waals surface area contributed by atoms with Gasteiger partial charge in [-0.2, -0.15) is 5.26 Å². The van der Waals surface area contributed by atoms with E-state index in [-0.39, 0.29) is 5.56 Å². The van der Waals surface area contributed by atoms with Crippen LogP contribution in [0.15, 0.2) is 18.2 Å². The van der Waals surface area contributed by atoms with Gasteiger partial charge in [-0.3, -0.25) is 4.90 Å². The first kappa shape index (κ1) is 14.5. The van der Waals surface area contributed by atoms with E-state index in [2.05, 4.69) is 4.90 Å². The van der Waals surface area contributed by atoms with Crippen molar-refractivity contribution in [3.63, 3.8) is 0 Å². The van der Waals surface area contributed by atoms with Crippen molar-refractivity contribution in [2.45, 2.75) is 44.2 Å². The number of fused-ring (bicyclic) bond motifs is 1. The molecule has 2 unspecified atom stereocenters. The molecule has 1 aromatic carbocycles. The summed E-state index contributed by atoms with van der Waals surface area (Å²) in [4.78, 5) is 2.32. The molecule has 21 heavy (non-hydrogen) atoms. The van der Waals surface area contributed by atoms with E-state index in [1.54, 1.807) is 12.1 Å². The molecular formula is C17H21FN2O. The predicted molar refractivity (Wildman–Crippen MR) is 77.9 cm³/mol. The quantitative estimate of drug-likeness (QED) is 0.910. The molecule has 1 N–H and O–H groups in total. The molecule has 1 saturated heterocycles. The zero-order valence-electron chi connectivity index (χ0n) is 12.2. The van der Waals surface area contributed by atoms with Gasteiger partial charge in [-0.15, -0.1) is 0 Å². The molecule has 0 radical (unpaired) electrons. The highest BCUT2D eigenvalue weighted by molar-refractivity contribution is 5.34. The number of aliphatic hydroxyl groups is 1. The van der Waals surface area contributed by atoms with Gasteiger partial charge in [0.25, 0.3) is 0 Å². The lowest BCUT2D eigenvalue weighted by Gasteiger charge is -2.47. The minimum absolute atomic E-state index is 0.110. The fourth-order valence-corrected chi connectivity index (χ4v) is 3.80. The Bertz CT molecular complexity index is 568. The van der Waals surface area contributed by atoms with Crippen molar-refractivity contribution < 1.29 is 9.50 Å². The Morgan fingerprint density at radius 2 is 2.24 bits per heavy atom. The highest BCUT2D eigenvalue weighted by atomic mass is 19.1. The Labute approximate surface area is 125 Å². The summed E-state index contributed by atoms with van der Waals surface area (Å²) in [6.07, 6.45) is 5.19. The molecule has 4 heteroatoms. The second kappa shape index (κ2) is 5.75. The Kier molecular flexibility index (Phi) is 3.97. The third-order valence-corrected chi connectivity index (χ3v) is 5.07. The van der Waals surface area contributed by atoms with Gasteiger partial charge < -0.3 is 5.11 Å². The average molecular weight is 288 g/mol. The fraction of sp³-hybridized carbons (Fsp3) is 0.588. The van der Waals surface area contributed by atoms with Crippen molar-refractivity contribution in [3.05, 3.63) is 35.1 Å². The van der Waals surface area contributed by atoms with Gasteiger partial charge in [0, 0.05) is 25.6 Å². The van der Waals surface area contributed by atoms with Crippen LogP contribution in [0.5, 0.6) is 0 Å². The maximum absolute atomic E-state index is 13.4. The minimum Gasteiger partial charge on any atom is -0.390 e. The maximum atomic E-state index is 13.4. The SMILES string of the molecule is N#Cc1cc(CN2CCC3(O)CCCCC3C2)ccc1F. The van der Waals surface area contributed by atoms with Crippen molar-refractivity contribution >= 4 is 0 Å². The Balaban J connectivity index is 1.68. The van der Waals surface area contributed by atoms with Crippen LogP contribution >= 0.6 is 0 Å². The first-order valence-electron chi connectivity index (χ1n) is 7.74. The third kappa shape index (κ3) is 2.95. The highest BCUT2D eigenvalue weighted by Crippen LogP contribution is 2.40. The van der Waals surface area contributed by atoms with Crippen LogP contribution < -0.4 is 0 Å². The van der Waals surface area contributed by atoms with E-state index in [4.69, 9.17) is 5.26 Å². The maximum Gasteiger partial charge on any atom is 0.140 e. The summed E-state index contributed by atoms with van der Waals surface area (Å²) in [5.41, 5.74) is 0.614. The van der Waals surface area contributed by atoms with E-state index < -0.39 is 11.4 Å². The number of nitriles is 1. The summed E-state index contributed by atoms with van der Waals surface area (Å²) >= 11 is 0. The average Bonchev–Trinajstić information content (AvgIpc) is 2.49. The van der Waals surface area contributed by atoms with Crippen molar-refractivity contribution in [2.75, 3.05) is 13.1 Å². The number of hydrogen-bond acceptors (Lipinski definition) is 3. The summed E-state index contributed by atoms with van der Waals surface area (Å²) < 4.78 is 13.4. The second-order valence-corrected chi connectivity index (χ2v) is 6.46. The smallest absolute Gasteiger partial charge is 0.140 e. The Hall–Kier alpha value is -1.44. The molecule has 1 aliphatic carbocycles. The molecule has 1 saturated carbocycles. The lowest BCUT2D eigenvalue weighted by Crippen LogP contribution is -2.52. The van der Waals surface area contributed by atoms with E-state index in [1.807, 2.05) is 6.07 Å².